The Bertz CT molecular complexity index is 404. The van der Waals surface area contributed by atoms with Crippen molar-refractivity contribution in [1.29, 1.82) is 0 Å². The van der Waals surface area contributed by atoms with Crippen molar-refractivity contribution in [3.63, 3.8) is 0 Å². The molecule has 1 heterocycles. The summed E-state index contributed by atoms with van der Waals surface area (Å²) in [7, 11) is 0. The molecular weight excluding hydrogens is 278 g/mol. The third-order valence-corrected chi connectivity index (χ3v) is 3.87. The third kappa shape index (κ3) is 3.41. The number of nitrogens with zero attached hydrogens (tertiary/aromatic N) is 2. The van der Waals surface area contributed by atoms with Crippen LogP contribution in [0.4, 0.5) is 5.82 Å². The van der Waals surface area contributed by atoms with E-state index < -0.39 is 0 Å². The quantitative estimate of drug-likeness (QED) is 0.843. The first kappa shape index (κ1) is 12.8. The van der Waals surface area contributed by atoms with Crippen LogP contribution in [-0.4, -0.2) is 16.5 Å². The predicted octanol–water partition coefficient (Wildman–Crippen LogP) is 3.65. The molecule has 1 N–H and O–H groups in total. The van der Waals surface area contributed by atoms with Gasteiger partial charge in [-0.3, -0.25) is 0 Å². The van der Waals surface area contributed by atoms with Gasteiger partial charge in [0.25, 0.3) is 0 Å². The second kappa shape index (κ2) is 4.92. The largest absolute Gasteiger partial charge is 0.370 e. The van der Waals surface area contributed by atoms with Crippen molar-refractivity contribution in [2.24, 2.45) is 11.3 Å². The summed E-state index contributed by atoms with van der Waals surface area (Å²) in [5.41, 5.74) is 0.517. The van der Waals surface area contributed by atoms with E-state index in [0.717, 1.165) is 41.5 Å². The number of rotatable bonds is 5. The maximum Gasteiger partial charge on any atom is 0.132 e. The van der Waals surface area contributed by atoms with Crippen LogP contribution in [-0.2, 0) is 6.42 Å². The van der Waals surface area contributed by atoms with Crippen LogP contribution in [0.3, 0.4) is 0 Å². The van der Waals surface area contributed by atoms with Gasteiger partial charge < -0.3 is 5.32 Å². The Morgan fingerprint density at radius 2 is 2.18 bits per heavy atom. The molecule has 0 radical (unpaired) electrons. The smallest absolute Gasteiger partial charge is 0.132 e. The van der Waals surface area contributed by atoms with E-state index in [1.807, 2.05) is 6.07 Å². The molecule has 3 nitrogen and oxygen atoms in total. The highest BCUT2D eigenvalue weighted by Gasteiger charge is 2.44. The summed E-state index contributed by atoms with van der Waals surface area (Å²) in [5, 5.41) is 3.42. The zero-order valence-corrected chi connectivity index (χ0v) is 12.3. The number of anilines is 1. The van der Waals surface area contributed by atoms with Gasteiger partial charge in [0.15, 0.2) is 0 Å². The fourth-order valence-corrected chi connectivity index (χ4v) is 2.46. The lowest BCUT2D eigenvalue weighted by atomic mass is 10.1. The summed E-state index contributed by atoms with van der Waals surface area (Å²) < 4.78 is 0.869. The van der Waals surface area contributed by atoms with Gasteiger partial charge in [-0.1, -0.05) is 20.8 Å². The number of hydrogen-bond acceptors (Lipinski definition) is 3. The zero-order chi connectivity index (χ0) is 12.5. The van der Waals surface area contributed by atoms with Crippen molar-refractivity contribution < 1.29 is 0 Å². The summed E-state index contributed by atoms with van der Waals surface area (Å²) in [4.78, 5) is 8.88. The first-order valence-electron chi connectivity index (χ1n) is 6.28. The van der Waals surface area contributed by atoms with E-state index in [0.29, 0.717) is 5.41 Å². The van der Waals surface area contributed by atoms with Crippen LogP contribution in [0.1, 0.15) is 39.4 Å². The standard InChI is InChI=1S/C13H20BrN3/c1-4-5-11-16-10(14)6-12(17-11)15-8-9-7-13(9,2)3/h6,9H,4-5,7-8H2,1-3H3,(H,15,16,17). The molecule has 1 atom stereocenters. The number of aromatic nitrogens is 2. The van der Waals surface area contributed by atoms with E-state index >= 15 is 0 Å². The number of nitrogens with one attached hydrogen (secondary N) is 1. The highest BCUT2D eigenvalue weighted by molar-refractivity contribution is 9.10. The van der Waals surface area contributed by atoms with Crippen LogP contribution in [0.5, 0.6) is 0 Å². The van der Waals surface area contributed by atoms with Gasteiger partial charge in [0, 0.05) is 19.0 Å². The van der Waals surface area contributed by atoms with Crippen molar-refractivity contribution in [1.82, 2.24) is 9.97 Å². The fraction of sp³-hybridized carbons (Fsp3) is 0.692. The minimum Gasteiger partial charge on any atom is -0.370 e. The van der Waals surface area contributed by atoms with E-state index in [9.17, 15) is 0 Å². The maximum absolute atomic E-state index is 4.52. The monoisotopic (exact) mass is 297 g/mol. The third-order valence-electron chi connectivity index (χ3n) is 3.46. The molecule has 1 aromatic heterocycles. The summed E-state index contributed by atoms with van der Waals surface area (Å²) in [5.74, 6) is 2.64. The summed E-state index contributed by atoms with van der Waals surface area (Å²) >= 11 is 3.44. The van der Waals surface area contributed by atoms with Gasteiger partial charge in [-0.25, -0.2) is 9.97 Å². The topological polar surface area (TPSA) is 37.8 Å². The molecule has 1 aliphatic carbocycles. The lowest BCUT2D eigenvalue weighted by molar-refractivity contribution is 0.572. The Hall–Kier alpha value is -0.640. The van der Waals surface area contributed by atoms with Crippen LogP contribution in [0.25, 0.3) is 0 Å². The van der Waals surface area contributed by atoms with Crippen LogP contribution < -0.4 is 5.32 Å². The van der Waals surface area contributed by atoms with E-state index in [1.165, 1.54) is 6.42 Å². The average Bonchev–Trinajstić information content (AvgIpc) is 2.83. The Balaban J connectivity index is 1.96. The van der Waals surface area contributed by atoms with Gasteiger partial charge in [0.1, 0.15) is 16.2 Å². The van der Waals surface area contributed by atoms with Gasteiger partial charge in [-0.15, -0.1) is 0 Å². The number of halogens is 1. The van der Waals surface area contributed by atoms with Crippen molar-refractivity contribution in [3.8, 4) is 0 Å². The van der Waals surface area contributed by atoms with E-state index in [1.54, 1.807) is 0 Å². The van der Waals surface area contributed by atoms with E-state index in [2.05, 4.69) is 52.0 Å². The van der Waals surface area contributed by atoms with Crippen molar-refractivity contribution in [2.45, 2.75) is 40.0 Å². The highest BCUT2D eigenvalue weighted by Crippen LogP contribution is 2.51. The molecule has 1 fully saturated rings. The molecule has 4 heteroatoms. The lowest BCUT2D eigenvalue weighted by Gasteiger charge is -2.08. The molecule has 94 valence electrons. The summed E-state index contributed by atoms with van der Waals surface area (Å²) in [6, 6.07) is 1.95. The van der Waals surface area contributed by atoms with E-state index in [4.69, 9.17) is 0 Å². The van der Waals surface area contributed by atoms with Crippen LogP contribution >= 0.6 is 15.9 Å². The minimum atomic E-state index is 0.517. The SMILES string of the molecule is CCCc1nc(Br)cc(NCC2CC2(C)C)n1. The fourth-order valence-electron chi connectivity index (χ4n) is 2.04. The number of aryl methyl sites for hydroxylation is 1. The second-order valence-corrected chi connectivity index (χ2v) is 6.33. The molecule has 0 amide bonds. The Kier molecular flexibility index (Phi) is 3.71. The Labute approximate surface area is 112 Å². The first-order valence-corrected chi connectivity index (χ1v) is 7.08. The van der Waals surface area contributed by atoms with Crippen molar-refractivity contribution >= 4 is 21.7 Å². The Morgan fingerprint density at radius 1 is 1.47 bits per heavy atom. The molecular formula is C13H20BrN3. The van der Waals surface area contributed by atoms with Crippen LogP contribution in [0.15, 0.2) is 10.7 Å². The van der Waals surface area contributed by atoms with Crippen LogP contribution in [0.2, 0.25) is 0 Å². The minimum absolute atomic E-state index is 0.517. The molecule has 0 aliphatic heterocycles. The number of hydrogen-bond donors (Lipinski definition) is 1. The molecule has 1 aromatic rings. The van der Waals surface area contributed by atoms with Crippen LogP contribution in [0, 0.1) is 11.3 Å². The van der Waals surface area contributed by atoms with Gasteiger partial charge in [0.05, 0.1) is 0 Å². The lowest BCUT2D eigenvalue weighted by Crippen LogP contribution is -2.10. The second-order valence-electron chi connectivity index (χ2n) is 5.51. The summed E-state index contributed by atoms with van der Waals surface area (Å²) in [6.07, 6.45) is 3.32. The van der Waals surface area contributed by atoms with Gasteiger partial charge in [-0.2, -0.15) is 0 Å². The predicted molar refractivity (Wildman–Crippen MR) is 74.1 cm³/mol. The van der Waals surface area contributed by atoms with Gasteiger partial charge in [0.2, 0.25) is 0 Å². The Morgan fingerprint density at radius 3 is 2.76 bits per heavy atom. The first-order chi connectivity index (χ1) is 8.01. The molecule has 0 saturated heterocycles. The normalized spacial score (nSPS) is 21.3. The molecule has 0 spiro atoms. The van der Waals surface area contributed by atoms with Crippen molar-refractivity contribution in [2.75, 3.05) is 11.9 Å². The van der Waals surface area contributed by atoms with Gasteiger partial charge in [-0.05, 0) is 40.1 Å². The maximum atomic E-state index is 4.52. The zero-order valence-electron chi connectivity index (χ0n) is 10.8. The molecule has 0 bridgehead atoms. The molecule has 2 rings (SSSR count). The van der Waals surface area contributed by atoms with E-state index in [-0.39, 0.29) is 0 Å². The van der Waals surface area contributed by atoms with Crippen molar-refractivity contribution in [3.05, 3.63) is 16.5 Å². The molecule has 1 saturated carbocycles. The highest BCUT2D eigenvalue weighted by atomic mass is 79.9. The molecule has 1 aliphatic rings. The molecule has 1 unspecified atom stereocenters. The molecule has 0 aromatic carbocycles. The van der Waals surface area contributed by atoms with Gasteiger partial charge >= 0.3 is 0 Å². The summed E-state index contributed by atoms with van der Waals surface area (Å²) in [6.45, 7) is 7.79. The molecule has 17 heavy (non-hydrogen) atoms. The average molecular weight is 298 g/mol.